The van der Waals surface area contributed by atoms with E-state index in [-0.39, 0.29) is 17.4 Å². The summed E-state index contributed by atoms with van der Waals surface area (Å²) in [6.45, 7) is 5.81. The lowest BCUT2D eigenvalue weighted by molar-refractivity contribution is -0.143. The minimum Gasteiger partial charge on any atom is -0.469 e. The largest absolute Gasteiger partial charge is 0.469 e. The van der Waals surface area contributed by atoms with Crippen molar-refractivity contribution >= 4 is 17.7 Å². The Morgan fingerprint density at radius 1 is 1.62 bits per heavy atom. The van der Waals surface area contributed by atoms with Gasteiger partial charge in [0.1, 0.15) is 0 Å². The van der Waals surface area contributed by atoms with Crippen LogP contribution >= 0.6 is 11.8 Å². The number of hydrogen-bond donors (Lipinski definition) is 1. The summed E-state index contributed by atoms with van der Waals surface area (Å²) in [5.74, 6) is 1.43. The lowest BCUT2D eigenvalue weighted by atomic mass is 10.1. The first-order valence-corrected chi connectivity index (χ1v) is 5.47. The minimum atomic E-state index is -0.166. The second kappa shape index (κ2) is 5.50. The molecule has 13 heavy (non-hydrogen) atoms. The van der Waals surface area contributed by atoms with Gasteiger partial charge in [0.2, 0.25) is 0 Å². The molecule has 0 aromatic heterocycles. The smallest absolute Gasteiger partial charge is 0.309 e. The Hall–Kier alpha value is -0.220. The molecule has 2 N–H and O–H groups in total. The number of methoxy groups -OCH3 is 1. The Morgan fingerprint density at radius 2 is 2.15 bits per heavy atom. The standard InChI is InChI=1S/C9H19NO2S/c1-7(8(11)12-4)5-13-6-9(2,3)10/h7H,5-6,10H2,1-4H3. The molecule has 78 valence electrons. The fourth-order valence-corrected chi connectivity index (χ4v) is 1.90. The fourth-order valence-electron chi connectivity index (χ4n) is 0.768. The number of thioether (sulfide) groups is 1. The molecular formula is C9H19NO2S. The van der Waals surface area contributed by atoms with Crippen molar-refractivity contribution in [1.82, 2.24) is 0 Å². The maximum Gasteiger partial charge on any atom is 0.309 e. The summed E-state index contributed by atoms with van der Waals surface area (Å²) in [5.41, 5.74) is 5.63. The van der Waals surface area contributed by atoms with Crippen LogP contribution < -0.4 is 5.73 Å². The molecule has 0 saturated carbocycles. The summed E-state index contributed by atoms with van der Waals surface area (Å²) in [6, 6.07) is 0. The number of hydrogen-bond acceptors (Lipinski definition) is 4. The zero-order chi connectivity index (χ0) is 10.5. The number of ether oxygens (including phenoxy) is 1. The average Bonchev–Trinajstić information content (AvgIpc) is 2.00. The third-order valence-electron chi connectivity index (χ3n) is 1.45. The highest BCUT2D eigenvalue weighted by molar-refractivity contribution is 7.99. The van der Waals surface area contributed by atoms with Gasteiger partial charge in [-0.1, -0.05) is 6.92 Å². The fraction of sp³-hybridized carbons (Fsp3) is 0.889. The van der Waals surface area contributed by atoms with Gasteiger partial charge in [-0.05, 0) is 13.8 Å². The van der Waals surface area contributed by atoms with Gasteiger partial charge < -0.3 is 10.5 Å². The van der Waals surface area contributed by atoms with E-state index in [0.717, 1.165) is 11.5 Å². The maximum atomic E-state index is 11.0. The van der Waals surface area contributed by atoms with Crippen molar-refractivity contribution in [3.63, 3.8) is 0 Å². The SMILES string of the molecule is COC(=O)C(C)CSCC(C)(C)N. The number of nitrogens with two attached hydrogens (primary N) is 1. The number of carbonyl (C=O) groups excluding carboxylic acids is 1. The molecule has 0 aromatic rings. The Morgan fingerprint density at radius 3 is 2.54 bits per heavy atom. The van der Waals surface area contributed by atoms with Crippen molar-refractivity contribution in [2.75, 3.05) is 18.6 Å². The molecule has 4 heteroatoms. The van der Waals surface area contributed by atoms with E-state index in [9.17, 15) is 4.79 Å². The van der Waals surface area contributed by atoms with Crippen LogP contribution in [0.25, 0.3) is 0 Å². The molecule has 0 radical (unpaired) electrons. The van der Waals surface area contributed by atoms with Crippen LogP contribution in [0, 0.1) is 5.92 Å². The zero-order valence-corrected chi connectivity index (χ0v) is 9.61. The molecule has 0 bridgehead atoms. The second-order valence-electron chi connectivity index (χ2n) is 3.93. The van der Waals surface area contributed by atoms with E-state index >= 15 is 0 Å². The summed E-state index contributed by atoms with van der Waals surface area (Å²) < 4.78 is 4.61. The third-order valence-corrected chi connectivity index (χ3v) is 3.13. The highest BCUT2D eigenvalue weighted by Crippen LogP contribution is 2.14. The lowest BCUT2D eigenvalue weighted by Crippen LogP contribution is -2.35. The van der Waals surface area contributed by atoms with Crippen LogP contribution in [0.2, 0.25) is 0 Å². The van der Waals surface area contributed by atoms with Gasteiger partial charge in [-0.15, -0.1) is 0 Å². The maximum absolute atomic E-state index is 11.0. The summed E-state index contributed by atoms with van der Waals surface area (Å²) in [4.78, 5) is 11.0. The van der Waals surface area contributed by atoms with Crippen molar-refractivity contribution < 1.29 is 9.53 Å². The molecule has 0 aliphatic heterocycles. The van der Waals surface area contributed by atoms with Gasteiger partial charge >= 0.3 is 5.97 Å². The van der Waals surface area contributed by atoms with Gasteiger partial charge in [0.25, 0.3) is 0 Å². The summed E-state index contributed by atoms with van der Waals surface area (Å²) in [7, 11) is 1.41. The Labute approximate surface area is 84.4 Å². The van der Waals surface area contributed by atoms with Crippen molar-refractivity contribution in [2.45, 2.75) is 26.3 Å². The Bertz CT molecular complexity index is 165. The monoisotopic (exact) mass is 205 g/mol. The number of esters is 1. The molecule has 0 aliphatic carbocycles. The minimum absolute atomic E-state index is 0.0441. The van der Waals surface area contributed by atoms with Gasteiger partial charge in [0.05, 0.1) is 13.0 Å². The molecule has 0 spiro atoms. The molecule has 3 nitrogen and oxygen atoms in total. The highest BCUT2D eigenvalue weighted by atomic mass is 32.2. The first-order chi connectivity index (χ1) is 5.87. The van der Waals surface area contributed by atoms with Gasteiger partial charge in [0.15, 0.2) is 0 Å². The van der Waals surface area contributed by atoms with Gasteiger partial charge in [-0.25, -0.2) is 0 Å². The zero-order valence-electron chi connectivity index (χ0n) is 8.79. The van der Waals surface area contributed by atoms with Crippen molar-refractivity contribution in [1.29, 1.82) is 0 Å². The van der Waals surface area contributed by atoms with Gasteiger partial charge in [-0.3, -0.25) is 4.79 Å². The van der Waals surface area contributed by atoms with E-state index in [1.165, 1.54) is 7.11 Å². The van der Waals surface area contributed by atoms with Crippen LogP contribution in [0.5, 0.6) is 0 Å². The first-order valence-electron chi connectivity index (χ1n) is 4.31. The van der Waals surface area contributed by atoms with E-state index in [1.54, 1.807) is 11.8 Å². The lowest BCUT2D eigenvalue weighted by Gasteiger charge is -2.18. The predicted molar refractivity (Wildman–Crippen MR) is 56.8 cm³/mol. The van der Waals surface area contributed by atoms with E-state index < -0.39 is 0 Å². The van der Waals surface area contributed by atoms with Crippen LogP contribution in [-0.2, 0) is 9.53 Å². The quantitative estimate of drug-likeness (QED) is 0.687. The molecule has 0 aromatic carbocycles. The van der Waals surface area contributed by atoms with E-state index in [4.69, 9.17) is 5.73 Å². The van der Waals surface area contributed by atoms with Crippen molar-refractivity contribution in [3.05, 3.63) is 0 Å². The van der Waals surface area contributed by atoms with E-state index in [0.29, 0.717) is 0 Å². The molecule has 0 saturated heterocycles. The van der Waals surface area contributed by atoms with E-state index in [2.05, 4.69) is 4.74 Å². The highest BCUT2D eigenvalue weighted by Gasteiger charge is 2.15. The number of carbonyl (C=O) groups is 1. The van der Waals surface area contributed by atoms with E-state index in [1.807, 2.05) is 20.8 Å². The predicted octanol–water partition coefficient (Wildman–Crippen LogP) is 1.27. The van der Waals surface area contributed by atoms with Crippen LogP contribution in [-0.4, -0.2) is 30.1 Å². The third kappa shape index (κ3) is 6.90. The van der Waals surface area contributed by atoms with Crippen LogP contribution in [0.15, 0.2) is 0 Å². The Kier molecular flexibility index (Phi) is 5.40. The number of rotatable bonds is 5. The molecule has 0 aliphatic rings. The van der Waals surface area contributed by atoms with Gasteiger partial charge in [-0.2, -0.15) is 11.8 Å². The van der Waals surface area contributed by atoms with Gasteiger partial charge in [0, 0.05) is 17.0 Å². The summed E-state index contributed by atoms with van der Waals surface area (Å²) >= 11 is 1.69. The molecule has 0 heterocycles. The average molecular weight is 205 g/mol. The van der Waals surface area contributed by atoms with Crippen molar-refractivity contribution in [2.24, 2.45) is 11.7 Å². The molecule has 0 amide bonds. The first kappa shape index (κ1) is 12.8. The topological polar surface area (TPSA) is 52.3 Å². The molecule has 1 unspecified atom stereocenters. The summed E-state index contributed by atoms with van der Waals surface area (Å²) in [5, 5.41) is 0. The van der Waals surface area contributed by atoms with Crippen LogP contribution in [0.1, 0.15) is 20.8 Å². The molecule has 1 atom stereocenters. The second-order valence-corrected chi connectivity index (χ2v) is 4.96. The van der Waals surface area contributed by atoms with Crippen LogP contribution in [0.4, 0.5) is 0 Å². The summed E-state index contributed by atoms with van der Waals surface area (Å²) in [6.07, 6.45) is 0. The molecular weight excluding hydrogens is 186 g/mol. The van der Waals surface area contributed by atoms with Crippen LogP contribution in [0.3, 0.4) is 0 Å². The molecule has 0 rings (SSSR count). The molecule has 0 fully saturated rings. The Balaban J connectivity index is 3.59. The van der Waals surface area contributed by atoms with Crippen molar-refractivity contribution in [3.8, 4) is 0 Å². The normalized spacial score (nSPS) is 13.9.